The maximum atomic E-state index is 12.6. The van der Waals surface area contributed by atoms with Crippen molar-refractivity contribution in [3.63, 3.8) is 0 Å². The Morgan fingerprint density at radius 2 is 1.67 bits per heavy atom. The molecule has 0 saturated carbocycles. The first-order valence-electron chi connectivity index (χ1n) is 8.24. The second-order valence-corrected chi connectivity index (χ2v) is 6.35. The number of ketones is 1. The Hall–Kier alpha value is -2.62. The van der Waals surface area contributed by atoms with Gasteiger partial charge in [-0.15, -0.1) is 0 Å². The van der Waals surface area contributed by atoms with E-state index >= 15 is 0 Å². The van der Waals surface area contributed by atoms with Gasteiger partial charge in [-0.05, 0) is 38.0 Å². The fourth-order valence-corrected chi connectivity index (χ4v) is 3.12. The molecule has 0 aliphatic carbocycles. The lowest BCUT2D eigenvalue weighted by atomic mass is 9.88. The Balaban J connectivity index is 1.62. The zero-order chi connectivity index (χ0) is 17.1. The zero-order valence-corrected chi connectivity index (χ0v) is 13.7. The Kier molecular flexibility index (Phi) is 4.65. The van der Waals surface area contributed by atoms with E-state index in [4.69, 9.17) is 0 Å². The molecule has 0 spiro atoms. The van der Waals surface area contributed by atoms with Gasteiger partial charge in [-0.1, -0.05) is 35.9 Å². The molecule has 1 aliphatic heterocycles. The summed E-state index contributed by atoms with van der Waals surface area (Å²) in [6, 6.07) is 14.0. The molecule has 4 nitrogen and oxygen atoms in total. The third-order valence-electron chi connectivity index (χ3n) is 4.58. The standard InChI is InChI=1S/C20H21NO3/c1-14-5-7-15(8-6-14)19(23)16-9-11-21(12-10-16)20(24)17-3-2-4-18(22)13-17/h2-8,13,16,22H,9-12H2,1H3. The molecule has 1 aliphatic rings. The molecule has 0 atom stereocenters. The lowest BCUT2D eigenvalue weighted by molar-refractivity contribution is 0.0650. The van der Waals surface area contributed by atoms with Crippen molar-refractivity contribution < 1.29 is 14.7 Å². The highest BCUT2D eigenvalue weighted by molar-refractivity contribution is 5.98. The summed E-state index contributed by atoms with van der Waals surface area (Å²) in [6.45, 7) is 3.13. The van der Waals surface area contributed by atoms with E-state index in [0.29, 0.717) is 31.5 Å². The molecule has 4 heteroatoms. The van der Waals surface area contributed by atoms with Crippen LogP contribution in [-0.4, -0.2) is 34.8 Å². The molecule has 24 heavy (non-hydrogen) atoms. The van der Waals surface area contributed by atoms with E-state index in [1.165, 1.54) is 6.07 Å². The predicted molar refractivity (Wildman–Crippen MR) is 92.2 cm³/mol. The van der Waals surface area contributed by atoms with E-state index < -0.39 is 0 Å². The van der Waals surface area contributed by atoms with Gasteiger partial charge in [0.05, 0.1) is 0 Å². The van der Waals surface area contributed by atoms with Crippen molar-refractivity contribution in [1.29, 1.82) is 0 Å². The van der Waals surface area contributed by atoms with Crippen LogP contribution in [0.3, 0.4) is 0 Å². The van der Waals surface area contributed by atoms with Gasteiger partial charge < -0.3 is 10.0 Å². The predicted octanol–water partition coefficient (Wildman–Crippen LogP) is 3.44. The third kappa shape index (κ3) is 3.48. The lowest BCUT2D eigenvalue weighted by Gasteiger charge is -2.31. The molecule has 0 radical (unpaired) electrons. The largest absolute Gasteiger partial charge is 0.508 e. The molecule has 1 heterocycles. The SMILES string of the molecule is Cc1ccc(C(=O)C2CCN(C(=O)c3cccc(O)c3)CC2)cc1. The van der Waals surface area contributed by atoms with Crippen LogP contribution in [0, 0.1) is 12.8 Å². The van der Waals surface area contributed by atoms with Crippen LogP contribution in [0.2, 0.25) is 0 Å². The van der Waals surface area contributed by atoms with Crippen LogP contribution in [0.15, 0.2) is 48.5 Å². The molecule has 0 aromatic heterocycles. The summed E-state index contributed by atoms with van der Waals surface area (Å²) in [5.41, 5.74) is 2.37. The van der Waals surface area contributed by atoms with Crippen molar-refractivity contribution in [2.75, 3.05) is 13.1 Å². The molecule has 1 N–H and O–H groups in total. The number of carbonyl (C=O) groups excluding carboxylic acids is 2. The summed E-state index contributed by atoms with van der Waals surface area (Å²) in [5, 5.41) is 9.51. The average Bonchev–Trinajstić information content (AvgIpc) is 2.61. The van der Waals surface area contributed by atoms with E-state index in [-0.39, 0.29) is 23.4 Å². The summed E-state index contributed by atoms with van der Waals surface area (Å²) in [7, 11) is 0. The van der Waals surface area contributed by atoms with E-state index in [2.05, 4.69) is 0 Å². The van der Waals surface area contributed by atoms with E-state index in [9.17, 15) is 14.7 Å². The van der Waals surface area contributed by atoms with Crippen molar-refractivity contribution in [1.82, 2.24) is 4.90 Å². The number of aromatic hydroxyl groups is 1. The van der Waals surface area contributed by atoms with Gasteiger partial charge in [-0.3, -0.25) is 9.59 Å². The van der Waals surface area contributed by atoms with Gasteiger partial charge in [0.25, 0.3) is 5.91 Å². The molecule has 1 saturated heterocycles. The monoisotopic (exact) mass is 323 g/mol. The maximum Gasteiger partial charge on any atom is 0.253 e. The topological polar surface area (TPSA) is 57.6 Å². The summed E-state index contributed by atoms with van der Waals surface area (Å²) >= 11 is 0. The summed E-state index contributed by atoms with van der Waals surface area (Å²) in [6.07, 6.45) is 1.36. The normalized spacial score (nSPS) is 15.3. The maximum absolute atomic E-state index is 12.6. The number of nitrogens with zero attached hydrogens (tertiary/aromatic N) is 1. The number of aryl methyl sites for hydroxylation is 1. The van der Waals surface area contributed by atoms with Crippen molar-refractivity contribution in [3.05, 3.63) is 65.2 Å². The van der Waals surface area contributed by atoms with Gasteiger partial charge in [0.2, 0.25) is 0 Å². The van der Waals surface area contributed by atoms with Gasteiger partial charge in [0.1, 0.15) is 5.75 Å². The molecule has 3 rings (SSSR count). The number of rotatable bonds is 3. The first-order chi connectivity index (χ1) is 11.5. The number of Topliss-reactive ketones (excluding diaryl/α,β-unsaturated/α-hetero) is 1. The average molecular weight is 323 g/mol. The Labute approximate surface area is 141 Å². The van der Waals surface area contributed by atoms with Gasteiger partial charge in [0.15, 0.2) is 5.78 Å². The number of benzene rings is 2. The summed E-state index contributed by atoms with van der Waals surface area (Å²) in [5.74, 6) is 0.137. The fraction of sp³-hybridized carbons (Fsp3) is 0.300. The van der Waals surface area contributed by atoms with Gasteiger partial charge in [0, 0.05) is 30.1 Å². The Bertz CT molecular complexity index is 744. The smallest absolute Gasteiger partial charge is 0.253 e. The number of piperidine rings is 1. The van der Waals surface area contributed by atoms with Crippen LogP contribution in [-0.2, 0) is 0 Å². The number of likely N-dealkylation sites (tertiary alicyclic amines) is 1. The van der Waals surface area contributed by atoms with Gasteiger partial charge >= 0.3 is 0 Å². The molecule has 124 valence electrons. The minimum atomic E-state index is -0.0906. The van der Waals surface area contributed by atoms with Crippen molar-refractivity contribution in [2.24, 2.45) is 5.92 Å². The Morgan fingerprint density at radius 1 is 1.00 bits per heavy atom. The fourth-order valence-electron chi connectivity index (χ4n) is 3.12. The minimum Gasteiger partial charge on any atom is -0.508 e. The Morgan fingerprint density at radius 3 is 2.29 bits per heavy atom. The number of hydrogen-bond donors (Lipinski definition) is 1. The van der Waals surface area contributed by atoms with Crippen LogP contribution in [0.25, 0.3) is 0 Å². The van der Waals surface area contributed by atoms with Crippen LogP contribution < -0.4 is 0 Å². The molecule has 2 aromatic rings. The zero-order valence-electron chi connectivity index (χ0n) is 13.7. The molecule has 0 bridgehead atoms. The number of hydrogen-bond acceptors (Lipinski definition) is 3. The highest BCUT2D eigenvalue weighted by Crippen LogP contribution is 2.24. The number of phenols is 1. The molecular formula is C20H21NO3. The molecule has 0 unspecified atom stereocenters. The second kappa shape index (κ2) is 6.87. The molecule has 1 fully saturated rings. The number of phenolic OH excluding ortho intramolecular Hbond substituents is 1. The van der Waals surface area contributed by atoms with E-state index in [1.54, 1.807) is 23.1 Å². The first-order valence-corrected chi connectivity index (χ1v) is 8.24. The molecule has 2 aromatic carbocycles. The van der Waals surface area contributed by atoms with Gasteiger partial charge in [-0.2, -0.15) is 0 Å². The second-order valence-electron chi connectivity index (χ2n) is 6.35. The highest BCUT2D eigenvalue weighted by atomic mass is 16.3. The number of carbonyl (C=O) groups is 2. The lowest BCUT2D eigenvalue weighted by Crippen LogP contribution is -2.40. The molecule has 1 amide bonds. The first kappa shape index (κ1) is 16.2. The van der Waals surface area contributed by atoms with Crippen molar-refractivity contribution in [2.45, 2.75) is 19.8 Å². The quantitative estimate of drug-likeness (QED) is 0.880. The van der Waals surface area contributed by atoms with Crippen molar-refractivity contribution in [3.8, 4) is 5.75 Å². The third-order valence-corrected chi connectivity index (χ3v) is 4.58. The minimum absolute atomic E-state index is 0.0269. The van der Waals surface area contributed by atoms with Crippen LogP contribution in [0.5, 0.6) is 5.75 Å². The van der Waals surface area contributed by atoms with E-state index in [0.717, 1.165) is 11.1 Å². The van der Waals surface area contributed by atoms with E-state index in [1.807, 2.05) is 31.2 Å². The molecular weight excluding hydrogens is 302 g/mol. The summed E-state index contributed by atoms with van der Waals surface area (Å²) in [4.78, 5) is 26.8. The van der Waals surface area contributed by atoms with Crippen LogP contribution >= 0.6 is 0 Å². The summed E-state index contributed by atoms with van der Waals surface area (Å²) < 4.78 is 0. The van der Waals surface area contributed by atoms with Crippen LogP contribution in [0.1, 0.15) is 39.1 Å². The highest BCUT2D eigenvalue weighted by Gasteiger charge is 2.28. The van der Waals surface area contributed by atoms with Crippen LogP contribution in [0.4, 0.5) is 0 Å². The van der Waals surface area contributed by atoms with Crippen molar-refractivity contribution >= 4 is 11.7 Å². The van der Waals surface area contributed by atoms with Gasteiger partial charge in [-0.25, -0.2) is 0 Å². The number of amides is 1.